The fourth-order valence-corrected chi connectivity index (χ4v) is 11.8. The van der Waals surface area contributed by atoms with Gasteiger partial charge in [-0.25, -0.2) is 19.6 Å². The van der Waals surface area contributed by atoms with E-state index < -0.39 is 35.7 Å². The number of isothiocyanates is 2. The molecule has 0 amide bonds. The van der Waals surface area contributed by atoms with Gasteiger partial charge < -0.3 is 41.1 Å². The van der Waals surface area contributed by atoms with Crippen LogP contribution in [-0.2, 0) is 107 Å². The van der Waals surface area contributed by atoms with Gasteiger partial charge in [0.2, 0.25) is 0 Å². The summed E-state index contributed by atoms with van der Waals surface area (Å²) in [5.74, 6) is -1.38. The molecule has 0 bridgehead atoms. The number of aromatic carboxylic acids is 1. The number of pyridine rings is 8. The van der Waals surface area contributed by atoms with Crippen LogP contribution in [0.4, 0.5) is 26.3 Å². The number of thiophene rings is 2. The minimum absolute atomic E-state index is 0. The molecule has 0 radical (unpaired) electrons. The van der Waals surface area contributed by atoms with E-state index in [0.717, 1.165) is 79.8 Å². The molecule has 0 aliphatic heterocycles. The first-order chi connectivity index (χ1) is 57.2. The van der Waals surface area contributed by atoms with Gasteiger partial charge in [-0.3, -0.25) is 29.9 Å². The van der Waals surface area contributed by atoms with Crippen LogP contribution in [-0.4, -0.2) is 109 Å². The summed E-state index contributed by atoms with van der Waals surface area (Å²) in [5, 5.41) is 39.6. The minimum atomic E-state index is -4.50. The number of methoxy groups -OCH3 is 1. The zero-order chi connectivity index (χ0) is 88.0. The van der Waals surface area contributed by atoms with Crippen LogP contribution < -0.4 is 10.2 Å². The van der Waals surface area contributed by atoms with E-state index >= 15 is 0 Å². The number of carboxylic acid groups (broad SMARTS) is 1. The van der Waals surface area contributed by atoms with Crippen molar-refractivity contribution in [1.29, 1.82) is 0 Å². The Labute approximate surface area is 734 Å². The summed E-state index contributed by atoms with van der Waals surface area (Å²) in [4.78, 5) is 127. The third kappa shape index (κ3) is 40.6. The van der Waals surface area contributed by atoms with Gasteiger partial charge in [0, 0.05) is 68.1 Å². The van der Waals surface area contributed by atoms with Gasteiger partial charge in [0.1, 0.15) is 11.4 Å². The molecule has 38 heteroatoms. The molecule has 0 aliphatic rings. The molecular formula is C83H70F6N14O12Ru2S4. The number of carbonyl (C=O) groups excluding carboxylic acids is 9. The molecule has 12 heterocycles. The largest absolute Gasteiger partial charge is 2.00 e. The molecule has 0 aromatic carbocycles. The van der Waals surface area contributed by atoms with E-state index in [1.54, 1.807) is 96.1 Å². The van der Waals surface area contributed by atoms with Crippen molar-refractivity contribution in [3.05, 3.63) is 258 Å². The Morgan fingerprint density at radius 1 is 0.446 bits per heavy atom. The van der Waals surface area contributed by atoms with E-state index in [9.17, 15) is 35.9 Å². The summed E-state index contributed by atoms with van der Waals surface area (Å²) in [5.41, 5.74) is 8.97. The zero-order valence-corrected chi connectivity index (χ0v) is 71.2. The average Bonchev–Trinajstić information content (AvgIpc) is 1.37. The second kappa shape index (κ2) is 59.9. The van der Waals surface area contributed by atoms with Crippen molar-refractivity contribution in [2.45, 2.75) is 104 Å². The topological polar surface area (TPSA) is 402 Å². The number of alkyl halides is 6. The molecule has 12 aromatic rings. The van der Waals surface area contributed by atoms with Crippen molar-refractivity contribution in [3.63, 3.8) is 0 Å². The molecule has 0 atom stereocenters. The summed E-state index contributed by atoms with van der Waals surface area (Å²) in [6.45, 7) is 8.42. The maximum atomic E-state index is 12.7. The van der Waals surface area contributed by atoms with Gasteiger partial charge in [-0.2, -0.15) is 75.0 Å². The second-order valence-electron chi connectivity index (χ2n) is 23.5. The van der Waals surface area contributed by atoms with Crippen LogP contribution in [0.15, 0.2) is 183 Å². The number of ether oxygens (including phenoxy) is 1. The van der Waals surface area contributed by atoms with Crippen molar-refractivity contribution in [1.82, 2.24) is 60.3 Å². The van der Waals surface area contributed by atoms with Crippen molar-refractivity contribution >= 4 is 118 Å². The molecule has 0 saturated heterocycles. The Morgan fingerprint density at radius 3 is 1.22 bits per heavy atom. The Kier molecular flexibility index (Phi) is 52.7. The monoisotopic (exact) mass is 1900 g/mol. The molecular weight excluding hydrogens is 1830 g/mol. The van der Waals surface area contributed by atoms with Gasteiger partial charge in [0.25, 0.3) is 0 Å². The Hall–Kier alpha value is -12.6. The van der Waals surface area contributed by atoms with E-state index in [-0.39, 0.29) is 80.5 Å². The van der Waals surface area contributed by atoms with E-state index in [4.69, 9.17) is 59.0 Å². The molecule has 0 spiro atoms. The summed E-state index contributed by atoms with van der Waals surface area (Å²) in [6, 6.07) is 42.6. The Morgan fingerprint density at radius 2 is 0.818 bits per heavy atom. The number of unbranched alkanes of at least 4 members (excludes halogenated alkanes) is 6. The fourth-order valence-electron chi connectivity index (χ4n) is 9.90. The fraction of sp³-hybridized carbons (Fsp3) is 0.205. The van der Waals surface area contributed by atoms with Crippen LogP contribution in [0.25, 0.3) is 103 Å². The third-order valence-corrected chi connectivity index (χ3v) is 17.3. The second-order valence-corrected chi connectivity index (χ2v) is 26.3. The molecule has 0 aliphatic carbocycles. The molecule has 26 nitrogen and oxygen atoms in total. The molecule has 1 N–H and O–H groups in total. The van der Waals surface area contributed by atoms with E-state index in [0.29, 0.717) is 39.7 Å². The summed E-state index contributed by atoms with van der Waals surface area (Å²) in [7, 11) is 1.36. The van der Waals surface area contributed by atoms with Crippen LogP contribution in [0, 0.1) is 13.8 Å². The number of hydrogen-bond acceptors (Lipinski definition) is 25. The van der Waals surface area contributed by atoms with Crippen molar-refractivity contribution in [2.24, 2.45) is 0 Å². The standard InChI is InChI=1S/2C21H21F3N3S.C19H17N3O2.C16H11N3O2.2CNS.4CO2.2Ru/c2*1-2-3-4-5-6-16-9-10-17(28-16)8-7-15-11-12-25-18(13-15)19-14-20(27-26-19)21(22,23)24;1-12-4-6-20-15(8-12)17-9-13(2)10-18(22-17)16-11-14(5-7-21-16)19(23)24-3;20-16(21)11-7-9-18-15(10-11)14-6-3-5-13(19-14)12-4-1-2-8-17-12;6*2-1-3;;/h2*7-14H,2-6H2,1H3;4-11H,1-3H3;1-10H,(H,20,21);;;;;;;;/q2*-1;;;2*-1;;;;;2*+2/b2*8-7+;;;;;;;;;;. The van der Waals surface area contributed by atoms with Crippen molar-refractivity contribution in [3.8, 4) is 68.3 Å². The Bertz CT molecular complexity index is 5200. The molecule has 121 heavy (non-hydrogen) atoms. The van der Waals surface area contributed by atoms with Crippen LogP contribution in [0.5, 0.6) is 0 Å². The van der Waals surface area contributed by atoms with Crippen LogP contribution >= 0.6 is 47.1 Å². The summed E-state index contributed by atoms with van der Waals surface area (Å²) >= 11 is 10.9. The van der Waals surface area contributed by atoms with E-state index in [2.05, 4.69) is 123 Å². The van der Waals surface area contributed by atoms with Gasteiger partial charge in [-0.05, 0) is 207 Å². The minimum Gasteiger partial charge on any atom is -0.753 e. The maximum absolute atomic E-state index is 12.7. The number of aromatic nitrogens is 12. The predicted octanol–water partition coefficient (Wildman–Crippen LogP) is 18.4. The summed E-state index contributed by atoms with van der Waals surface area (Å²) in [6.07, 6.45) is 21.7. The van der Waals surface area contributed by atoms with Gasteiger partial charge in [-0.15, -0.1) is 22.7 Å². The molecule has 0 saturated carbocycles. The number of nitrogens with zero attached hydrogens (tertiary/aromatic N) is 14. The van der Waals surface area contributed by atoms with Gasteiger partial charge in [0.05, 0.1) is 63.8 Å². The molecule has 12 aromatic heterocycles. The molecule has 0 fully saturated rings. The van der Waals surface area contributed by atoms with Gasteiger partial charge in [0.15, 0.2) is 0 Å². The average molecular weight is 1900 g/mol. The number of halogens is 6. The van der Waals surface area contributed by atoms with Crippen LogP contribution in [0.1, 0.15) is 139 Å². The molecule has 626 valence electrons. The number of thiocarbonyl (C=S) groups is 2. The summed E-state index contributed by atoms with van der Waals surface area (Å²) < 4.78 is 80.9. The smallest absolute Gasteiger partial charge is 0.753 e. The predicted molar refractivity (Wildman–Crippen MR) is 435 cm³/mol. The first kappa shape index (κ1) is 106. The number of carbonyl (C=O) groups is 2. The number of hydrogen-bond donors (Lipinski definition) is 1. The van der Waals surface area contributed by atoms with Crippen LogP contribution in [0.2, 0.25) is 0 Å². The number of esters is 1. The number of aryl methyl sites for hydroxylation is 4. The molecule has 12 rings (SSSR count). The van der Waals surface area contributed by atoms with Crippen molar-refractivity contribution < 1.29 is 123 Å². The van der Waals surface area contributed by atoms with E-state index in [1.165, 1.54) is 96.9 Å². The Balaban J connectivity index is 0.000000753. The number of carboxylic acids is 1. The van der Waals surface area contributed by atoms with Gasteiger partial charge >= 0.3 is 87.9 Å². The van der Waals surface area contributed by atoms with Crippen LogP contribution in [0.3, 0.4) is 0 Å². The quantitative estimate of drug-likeness (QED) is 0.0164. The molecule has 0 unspecified atom stereocenters. The third-order valence-electron chi connectivity index (χ3n) is 15.1. The van der Waals surface area contributed by atoms with E-state index in [1.807, 2.05) is 92.7 Å². The number of rotatable bonds is 22. The maximum Gasteiger partial charge on any atom is 2.00 e. The van der Waals surface area contributed by atoms with Gasteiger partial charge in [-0.1, -0.05) is 112 Å². The first-order valence-electron chi connectivity index (χ1n) is 34.9. The SMILES string of the molecule is CCCCCCc1ccc(/C=C/c2ccnc(-c3cc(C(F)(F)F)n[n-]3)c2)s1.CCCCCCc1ccc(/C=C/c2ccnc(-c3cc(C(F)(F)F)n[n-]3)c2)s1.COC(=O)c1ccnc(-c2cc(C)cc(-c3cc(C)ccn3)n2)c1.O=C(O)c1ccnc(-c2cccc(-c3ccccn3)n2)c1.O=C=O.O=C=O.O=C=O.O=C=O.[N-]=C=S.[N-]=C=S.[Ru+2].[Ru+2]. The normalized spacial score (nSPS) is 9.88. The zero-order valence-electron chi connectivity index (χ0n) is 64.5. The first-order valence-corrected chi connectivity index (χ1v) is 37.3. The van der Waals surface area contributed by atoms with Crippen molar-refractivity contribution in [2.75, 3.05) is 7.11 Å².